The molecule has 114 valence electrons. The highest BCUT2D eigenvalue weighted by atomic mass is 16.5. The molecule has 0 amide bonds. The number of rotatable bonds is 8. The Kier molecular flexibility index (Phi) is 6.18. The largest absolute Gasteiger partial charge is 0.383 e. The van der Waals surface area contributed by atoms with E-state index in [1.54, 1.807) is 7.11 Å². The van der Waals surface area contributed by atoms with E-state index in [1.165, 1.54) is 16.3 Å². The van der Waals surface area contributed by atoms with Crippen LogP contribution in [-0.4, -0.2) is 45.3 Å². The molecule has 0 aliphatic carbocycles. The van der Waals surface area contributed by atoms with Crippen molar-refractivity contribution in [2.75, 3.05) is 40.4 Å². The Hall–Kier alpha value is -1.42. The molecule has 1 atom stereocenters. The quantitative estimate of drug-likeness (QED) is 0.807. The first-order chi connectivity index (χ1) is 10.2. The lowest BCUT2D eigenvalue weighted by atomic mass is 10.00. The highest BCUT2D eigenvalue weighted by molar-refractivity contribution is 5.86. The molecule has 0 saturated carbocycles. The zero-order valence-corrected chi connectivity index (χ0v) is 13.3. The lowest BCUT2D eigenvalue weighted by Crippen LogP contribution is -2.32. The third kappa shape index (κ3) is 4.53. The molecule has 0 radical (unpaired) electrons. The number of hydrogen-bond acceptors (Lipinski definition) is 3. The fourth-order valence-corrected chi connectivity index (χ4v) is 2.57. The van der Waals surface area contributed by atoms with Crippen LogP contribution in [0, 0.1) is 0 Å². The molecule has 21 heavy (non-hydrogen) atoms. The van der Waals surface area contributed by atoms with Gasteiger partial charge in [-0.25, -0.2) is 0 Å². The SMILES string of the molecule is COCCN(C)CCNC(C)c1cccc2ccccc12. The van der Waals surface area contributed by atoms with Gasteiger partial charge in [-0.05, 0) is 30.3 Å². The van der Waals surface area contributed by atoms with Crippen LogP contribution in [0.1, 0.15) is 18.5 Å². The molecule has 0 spiro atoms. The van der Waals surface area contributed by atoms with Gasteiger partial charge in [0.05, 0.1) is 6.61 Å². The molecule has 2 aromatic carbocycles. The summed E-state index contributed by atoms with van der Waals surface area (Å²) < 4.78 is 5.10. The van der Waals surface area contributed by atoms with Crippen molar-refractivity contribution in [2.24, 2.45) is 0 Å². The Morgan fingerprint density at radius 3 is 2.67 bits per heavy atom. The fourth-order valence-electron chi connectivity index (χ4n) is 2.57. The Morgan fingerprint density at radius 2 is 1.86 bits per heavy atom. The number of ether oxygens (including phenoxy) is 1. The summed E-state index contributed by atoms with van der Waals surface area (Å²) in [5.74, 6) is 0. The molecular weight excluding hydrogens is 260 g/mol. The highest BCUT2D eigenvalue weighted by Gasteiger charge is 2.08. The van der Waals surface area contributed by atoms with Gasteiger partial charge < -0.3 is 15.0 Å². The second-order valence-corrected chi connectivity index (χ2v) is 5.54. The summed E-state index contributed by atoms with van der Waals surface area (Å²) in [6, 6.07) is 15.5. The van der Waals surface area contributed by atoms with Gasteiger partial charge in [0.1, 0.15) is 0 Å². The van der Waals surface area contributed by atoms with E-state index in [0.29, 0.717) is 6.04 Å². The maximum absolute atomic E-state index is 5.10. The summed E-state index contributed by atoms with van der Waals surface area (Å²) in [5, 5.41) is 6.26. The van der Waals surface area contributed by atoms with E-state index < -0.39 is 0 Å². The summed E-state index contributed by atoms with van der Waals surface area (Å²) in [5.41, 5.74) is 1.37. The van der Waals surface area contributed by atoms with Crippen LogP contribution in [0.5, 0.6) is 0 Å². The average Bonchev–Trinajstić information content (AvgIpc) is 2.52. The van der Waals surface area contributed by atoms with E-state index in [2.05, 4.69) is 66.7 Å². The summed E-state index contributed by atoms with van der Waals surface area (Å²) in [4.78, 5) is 2.28. The zero-order valence-electron chi connectivity index (χ0n) is 13.3. The van der Waals surface area contributed by atoms with Crippen molar-refractivity contribution in [1.29, 1.82) is 0 Å². The Morgan fingerprint density at radius 1 is 1.10 bits per heavy atom. The van der Waals surface area contributed by atoms with Crippen LogP contribution in [0.2, 0.25) is 0 Å². The monoisotopic (exact) mass is 286 g/mol. The molecule has 1 N–H and O–H groups in total. The molecule has 0 bridgehead atoms. The lowest BCUT2D eigenvalue weighted by Gasteiger charge is -2.20. The maximum atomic E-state index is 5.10. The van der Waals surface area contributed by atoms with Gasteiger partial charge >= 0.3 is 0 Å². The molecule has 0 saturated heterocycles. The number of methoxy groups -OCH3 is 1. The molecule has 1 unspecified atom stereocenters. The van der Waals surface area contributed by atoms with E-state index in [-0.39, 0.29) is 0 Å². The standard InChI is InChI=1S/C18H26N2O/c1-15(19-11-12-20(2)13-14-21-3)17-10-6-8-16-7-4-5-9-18(16)17/h4-10,15,19H,11-14H2,1-3H3. The Balaban J connectivity index is 1.92. The summed E-state index contributed by atoms with van der Waals surface area (Å²) in [6.07, 6.45) is 0. The predicted octanol–water partition coefficient (Wildman–Crippen LogP) is 3.07. The summed E-state index contributed by atoms with van der Waals surface area (Å²) in [6.45, 7) is 6.00. The van der Waals surface area contributed by atoms with E-state index in [9.17, 15) is 0 Å². The van der Waals surface area contributed by atoms with Gasteiger partial charge in [0.15, 0.2) is 0 Å². The Bertz CT molecular complexity index is 550. The molecule has 0 aliphatic heterocycles. The van der Waals surface area contributed by atoms with Crippen LogP contribution in [0.25, 0.3) is 10.8 Å². The van der Waals surface area contributed by atoms with Crippen LogP contribution in [0.4, 0.5) is 0 Å². The number of likely N-dealkylation sites (N-methyl/N-ethyl adjacent to an activating group) is 1. The molecule has 0 fully saturated rings. The number of fused-ring (bicyclic) bond motifs is 1. The second kappa shape index (κ2) is 8.13. The molecule has 3 heteroatoms. The van der Waals surface area contributed by atoms with Crippen LogP contribution < -0.4 is 5.32 Å². The normalized spacial score (nSPS) is 13.0. The predicted molar refractivity (Wildman–Crippen MR) is 89.7 cm³/mol. The maximum Gasteiger partial charge on any atom is 0.0589 e. The molecule has 2 rings (SSSR count). The van der Waals surface area contributed by atoms with Crippen LogP contribution in [0.3, 0.4) is 0 Å². The van der Waals surface area contributed by atoms with Gasteiger partial charge in [-0.3, -0.25) is 0 Å². The third-order valence-corrected chi connectivity index (χ3v) is 3.91. The van der Waals surface area contributed by atoms with Gasteiger partial charge in [-0.1, -0.05) is 42.5 Å². The van der Waals surface area contributed by atoms with Crippen molar-refractivity contribution in [1.82, 2.24) is 10.2 Å². The topological polar surface area (TPSA) is 24.5 Å². The first-order valence-electron chi connectivity index (χ1n) is 7.61. The fraction of sp³-hybridized carbons (Fsp3) is 0.444. The van der Waals surface area contributed by atoms with Gasteiger partial charge in [-0.15, -0.1) is 0 Å². The van der Waals surface area contributed by atoms with Gasteiger partial charge in [0, 0.05) is 32.8 Å². The highest BCUT2D eigenvalue weighted by Crippen LogP contribution is 2.23. The minimum atomic E-state index is 0.354. The molecule has 3 nitrogen and oxygen atoms in total. The number of nitrogens with one attached hydrogen (secondary N) is 1. The molecule has 0 aromatic heterocycles. The van der Waals surface area contributed by atoms with Crippen molar-refractivity contribution in [3.63, 3.8) is 0 Å². The lowest BCUT2D eigenvalue weighted by molar-refractivity contribution is 0.161. The van der Waals surface area contributed by atoms with E-state index in [4.69, 9.17) is 4.74 Å². The van der Waals surface area contributed by atoms with Crippen LogP contribution in [-0.2, 0) is 4.74 Å². The zero-order chi connectivity index (χ0) is 15.1. The van der Waals surface area contributed by atoms with Crippen molar-refractivity contribution in [3.8, 4) is 0 Å². The first-order valence-corrected chi connectivity index (χ1v) is 7.61. The minimum absolute atomic E-state index is 0.354. The van der Waals surface area contributed by atoms with Gasteiger partial charge in [-0.2, -0.15) is 0 Å². The second-order valence-electron chi connectivity index (χ2n) is 5.54. The van der Waals surface area contributed by atoms with E-state index >= 15 is 0 Å². The van der Waals surface area contributed by atoms with E-state index in [0.717, 1.165) is 26.2 Å². The average molecular weight is 286 g/mol. The molecule has 0 aliphatic rings. The number of hydrogen-bond donors (Lipinski definition) is 1. The Labute approximate surface area is 127 Å². The van der Waals surface area contributed by atoms with Gasteiger partial charge in [0.25, 0.3) is 0 Å². The van der Waals surface area contributed by atoms with Crippen molar-refractivity contribution < 1.29 is 4.74 Å². The smallest absolute Gasteiger partial charge is 0.0589 e. The van der Waals surface area contributed by atoms with Crippen LogP contribution >= 0.6 is 0 Å². The molecule has 2 aromatic rings. The van der Waals surface area contributed by atoms with Crippen LogP contribution in [0.15, 0.2) is 42.5 Å². The summed E-state index contributed by atoms with van der Waals surface area (Å²) in [7, 11) is 3.87. The van der Waals surface area contributed by atoms with E-state index in [1.807, 2.05) is 0 Å². The molecular formula is C18H26N2O. The minimum Gasteiger partial charge on any atom is -0.383 e. The third-order valence-electron chi connectivity index (χ3n) is 3.91. The summed E-state index contributed by atoms with van der Waals surface area (Å²) >= 11 is 0. The van der Waals surface area contributed by atoms with Crippen molar-refractivity contribution in [2.45, 2.75) is 13.0 Å². The van der Waals surface area contributed by atoms with Gasteiger partial charge in [0.2, 0.25) is 0 Å². The number of benzene rings is 2. The first kappa shape index (κ1) is 16.0. The van der Waals surface area contributed by atoms with Crippen molar-refractivity contribution in [3.05, 3.63) is 48.0 Å². The molecule has 0 heterocycles. The number of nitrogens with zero attached hydrogens (tertiary/aromatic N) is 1. The van der Waals surface area contributed by atoms with Crippen molar-refractivity contribution >= 4 is 10.8 Å².